The summed E-state index contributed by atoms with van der Waals surface area (Å²) in [4.78, 5) is 4.53. The van der Waals surface area contributed by atoms with Crippen LogP contribution < -0.4 is 0 Å². The Bertz CT molecular complexity index is 1200. The lowest BCUT2D eigenvalue weighted by Crippen LogP contribution is -1.82. The maximum absolute atomic E-state index is 4.53. The highest BCUT2D eigenvalue weighted by molar-refractivity contribution is 5.82. The number of azo groups is 1. The van der Waals surface area contributed by atoms with Gasteiger partial charge in [-0.2, -0.15) is 10.2 Å². The molecule has 0 N–H and O–H groups in total. The molecule has 3 heteroatoms. The lowest BCUT2D eigenvalue weighted by Gasteiger charge is -1.97. The van der Waals surface area contributed by atoms with Gasteiger partial charge in [-0.3, -0.25) is 4.99 Å². The van der Waals surface area contributed by atoms with E-state index >= 15 is 0 Å². The number of benzene rings is 4. The lowest BCUT2D eigenvalue weighted by molar-refractivity contribution is 1.23. The molecule has 0 radical (unpaired) electrons. The Kier molecular flexibility index (Phi) is 6.20. The molecule has 4 aromatic rings. The third-order valence-corrected chi connectivity index (χ3v) is 4.29. The first-order valence-electron chi connectivity index (χ1n) is 9.63. The fourth-order valence-electron chi connectivity index (χ4n) is 2.68. The molecule has 0 amide bonds. The number of hydrogen-bond acceptors (Lipinski definition) is 3. The smallest absolute Gasteiger partial charge is 0.0858 e. The van der Waals surface area contributed by atoms with Gasteiger partial charge in [0.1, 0.15) is 0 Å². The lowest BCUT2D eigenvalue weighted by atomic mass is 10.1. The van der Waals surface area contributed by atoms with Crippen LogP contribution in [0, 0.1) is 11.8 Å². The quantitative estimate of drug-likeness (QED) is 0.201. The van der Waals surface area contributed by atoms with Gasteiger partial charge < -0.3 is 0 Å². The van der Waals surface area contributed by atoms with Crippen molar-refractivity contribution >= 4 is 23.3 Å². The molecule has 0 aliphatic carbocycles. The molecule has 30 heavy (non-hydrogen) atoms. The van der Waals surface area contributed by atoms with Crippen LogP contribution in [0.2, 0.25) is 0 Å². The fourth-order valence-corrected chi connectivity index (χ4v) is 2.68. The second-order valence-electron chi connectivity index (χ2n) is 6.55. The van der Waals surface area contributed by atoms with Crippen molar-refractivity contribution < 1.29 is 0 Å². The minimum Gasteiger partial charge on any atom is -0.256 e. The fraction of sp³-hybridized carbons (Fsp3) is 0. The van der Waals surface area contributed by atoms with Crippen LogP contribution in [0.3, 0.4) is 0 Å². The molecule has 0 unspecified atom stereocenters. The average Bonchev–Trinajstić information content (AvgIpc) is 2.83. The Morgan fingerprint density at radius 2 is 0.967 bits per heavy atom. The van der Waals surface area contributed by atoms with E-state index in [4.69, 9.17) is 0 Å². The molecule has 0 atom stereocenters. The standard InChI is InChI=1S/C27H19N3/c1-3-7-22(8-4-1)11-12-23-13-15-24(16-14-23)21-28-25-17-19-27(20-18-25)30-29-26-9-5-2-6-10-26/h1-10,13-21H. The first kappa shape index (κ1) is 19.0. The van der Waals surface area contributed by atoms with E-state index in [0.717, 1.165) is 33.8 Å². The number of nitrogens with zero attached hydrogens (tertiary/aromatic N) is 3. The summed E-state index contributed by atoms with van der Waals surface area (Å²) < 4.78 is 0. The van der Waals surface area contributed by atoms with Crippen molar-refractivity contribution in [1.82, 2.24) is 0 Å². The van der Waals surface area contributed by atoms with Gasteiger partial charge in [0.25, 0.3) is 0 Å². The highest BCUT2D eigenvalue weighted by Gasteiger charge is 1.94. The van der Waals surface area contributed by atoms with Crippen molar-refractivity contribution in [2.45, 2.75) is 0 Å². The minimum absolute atomic E-state index is 0.791. The third kappa shape index (κ3) is 5.60. The van der Waals surface area contributed by atoms with Gasteiger partial charge in [0, 0.05) is 17.3 Å². The topological polar surface area (TPSA) is 37.1 Å². The van der Waals surface area contributed by atoms with Crippen LogP contribution in [-0.2, 0) is 0 Å². The Labute approximate surface area is 176 Å². The molecule has 0 saturated carbocycles. The van der Waals surface area contributed by atoms with Gasteiger partial charge in [0.15, 0.2) is 0 Å². The van der Waals surface area contributed by atoms with Gasteiger partial charge in [-0.15, -0.1) is 0 Å². The molecule has 0 aromatic heterocycles. The van der Waals surface area contributed by atoms with Gasteiger partial charge in [0.05, 0.1) is 17.1 Å². The molecule has 0 heterocycles. The SMILES string of the molecule is C(#Cc1ccc(C=Nc2ccc(N=Nc3ccccc3)cc2)cc1)c1ccccc1. The van der Waals surface area contributed by atoms with Crippen LogP contribution in [-0.4, -0.2) is 6.21 Å². The van der Waals surface area contributed by atoms with E-state index in [1.807, 2.05) is 115 Å². The summed E-state index contributed by atoms with van der Waals surface area (Å²) in [6.07, 6.45) is 1.84. The van der Waals surface area contributed by atoms with Crippen LogP contribution in [0.4, 0.5) is 17.1 Å². The second kappa shape index (κ2) is 9.77. The zero-order valence-electron chi connectivity index (χ0n) is 16.3. The highest BCUT2D eigenvalue weighted by Crippen LogP contribution is 2.21. The van der Waals surface area contributed by atoms with Crippen molar-refractivity contribution in [3.8, 4) is 11.8 Å². The molecular formula is C27H19N3. The normalized spacial score (nSPS) is 10.8. The van der Waals surface area contributed by atoms with Crippen LogP contribution in [0.5, 0.6) is 0 Å². The van der Waals surface area contributed by atoms with Gasteiger partial charge in [-0.25, -0.2) is 0 Å². The van der Waals surface area contributed by atoms with E-state index in [-0.39, 0.29) is 0 Å². The summed E-state index contributed by atoms with van der Waals surface area (Å²) in [6.45, 7) is 0. The molecule has 0 saturated heterocycles. The summed E-state index contributed by atoms with van der Waals surface area (Å²) >= 11 is 0. The molecule has 0 bridgehead atoms. The zero-order chi connectivity index (χ0) is 20.4. The Morgan fingerprint density at radius 3 is 1.60 bits per heavy atom. The van der Waals surface area contributed by atoms with Crippen LogP contribution in [0.1, 0.15) is 16.7 Å². The first-order chi connectivity index (χ1) is 14.8. The van der Waals surface area contributed by atoms with Crippen LogP contribution in [0.15, 0.2) is 124 Å². The molecule has 3 nitrogen and oxygen atoms in total. The van der Waals surface area contributed by atoms with Gasteiger partial charge in [0.2, 0.25) is 0 Å². The summed E-state index contributed by atoms with van der Waals surface area (Å²) in [5.41, 5.74) is 5.49. The summed E-state index contributed by atoms with van der Waals surface area (Å²) in [5, 5.41) is 8.46. The molecule has 142 valence electrons. The maximum Gasteiger partial charge on any atom is 0.0858 e. The van der Waals surface area contributed by atoms with E-state index in [0.29, 0.717) is 0 Å². The average molecular weight is 385 g/mol. The maximum atomic E-state index is 4.53. The van der Waals surface area contributed by atoms with Gasteiger partial charge in [-0.05, 0) is 66.2 Å². The highest BCUT2D eigenvalue weighted by atomic mass is 15.1. The first-order valence-corrected chi connectivity index (χ1v) is 9.63. The molecule has 0 fully saturated rings. The molecule has 0 aliphatic rings. The van der Waals surface area contributed by atoms with E-state index < -0.39 is 0 Å². The number of aliphatic imine (C=N–C) groups is 1. The molecule has 0 spiro atoms. The van der Waals surface area contributed by atoms with Gasteiger partial charge in [-0.1, -0.05) is 60.4 Å². The molecule has 4 aromatic carbocycles. The summed E-state index contributed by atoms with van der Waals surface area (Å²) in [7, 11) is 0. The van der Waals surface area contributed by atoms with Crippen LogP contribution in [0.25, 0.3) is 0 Å². The van der Waals surface area contributed by atoms with Crippen molar-refractivity contribution in [3.63, 3.8) is 0 Å². The second-order valence-corrected chi connectivity index (χ2v) is 6.55. The van der Waals surface area contributed by atoms with Crippen molar-refractivity contribution in [2.75, 3.05) is 0 Å². The van der Waals surface area contributed by atoms with Crippen LogP contribution >= 0.6 is 0 Å². The van der Waals surface area contributed by atoms with E-state index in [1.54, 1.807) is 0 Å². The van der Waals surface area contributed by atoms with Crippen molar-refractivity contribution in [1.29, 1.82) is 0 Å². The number of hydrogen-bond donors (Lipinski definition) is 0. The third-order valence-electron chi connectivity index (χ3n) is 4.29. The largest absolute Gasteiger partial charge is 0.256 e. The minimum atomic E-state index is 0.791. The monoisotopic (exact) mass is 385 g/mol. The Morgan fingerprint density at radius 1 is 0.467 bits per heavy atom. The summed E-state index contributed by atoms with van der Waals surface area (Å²) in [5.74, 6) is 6.34. The van der Waals surface area contributed by atoms with Crippen molar-refractivity contribution in [2.24, 2.45) is 15.2 Å². The van der Waals surface area contributed by atoms with Gasteiger partial charge >= 0.3 is 0 Å². The van der Waals surface area contributed by atoms with E-state index in [1.165, 1.54) is 0 Å². The predicted molar refractivity (Wildman–Crippen MR) is 123 cm³/mol. The molecule has 4 rings (SSSR count). The number of rotatable bonds is 4. The zero-order valence-corrected chi connectivity index (χ0v) is 16.3. The Hall–Kier alpha value is -4.29. The van der Waals surface area contributed by atoms with E-state index in [2.05, 4.69) is 27.1 Å². The van der Waals surface area contributed by atoms with Crippen molar-refractivity contribution in [3.05, 3.63) is 126 Å². The molecular weight excluding hydrogens is 366 g/mol. The Balaban J connectivity index is 1.38. The predicted octanol–water partition coefficient (Wildman–Crippen LogP) is 7.25. The summed E-state index contributed by atoms with van der Waals surface area (Å²) in [6, 6.07) is 35.3. The molecule has 0 aliphatic heterocycles. The van der Waals surface area contributed by atoms with E-state index in [9.17, 15) is 0 Å².